The fraction of sp³-hybridized carbons (Fsp3) is 0.806. The van der Waals surface area contributed by atoms with Crippen LogP contribution in [0.25, 0.3) is 0 Å². The van der Waals surface area contributed by atoms with Crippen LogP contribution in [0.5, 0.6) is 0 Å². The zero-order valence-electron chi connectivity index (χ0n) is 26.9. The first kappa shape index (κ1) is 32.8. The molecule has 3 rings (SSSR count). The first-order valence-corrected chi connectivity index (χ1v) is 21.0. The summed E-state index contributed by atoms with van der Waals surface area (Å²) in [5.41, 5.74) is 0.727. The lowest BCUT2D eigenvalue weighted by Crippen LogP contribution is -2.59. The van der Waals surface area contributed by atoms with Crippen LogP contribution >= 0.6 is 0 Å². The summed E-state index contributed by atoms with van der Waals surface area (Å²) in [4.78, 5) is 0. The van der Waals surface area contributed by atoms with Crippen LogP contribution in [0.2, 0.25) is 37.8 Å². The normalized spacial score (nSPS) is 26.2. The van der Waals surface area contributed by atoms with Crippen LogP contribution in [0.4, 0.5) is 0 Å². The summed E-state index contributed by atoms with van der Waals surface area (Å²) in [5.74, 6) is 0.510. The molecule has 3 atom stereocenters. The van der Waals surface area contributed by atoms with Crippen molar-refractivity contribution < 1.29 is 27.8 Å². The molecular formula is C31H56O6Si2. The minimum atomic E-state index is -1.92. The average molecular weight is 581 g/mol. The van der Waals surface area contributed by atoms with Crippen molar-refractivity contribution in [2.24, 2.45) is 16.7 Å². The molecule has 6 nitrogen and oxygen atoms in total. The monoisotopic (exact) mass is 580 g/mol. The highest BCUT2D eigenvalue weighted by atomic mass is 28.4. The number of furan rings is 1. The van der Waals surface area contributed by atoms with E-state index in [-0.39, 0.29) is 34.5 Å². The van der Waals surface area contributed by atoms with Crippen molar-refractivity contribution in [3.8, 4) is 0 Å². The maximum absolute atomic E-state index is 6.90. The Kier molecular flexibility index (Phi) is 9.66. The Hall–Kier alpha value is -0.746. The quantitative estimate of drug-likeness (QED) is 0.117. The third-order valence-corrected chi connectivity index (χ3v) is 16.2. The van der Waals surface area contributed by atoms with Gasteiger partial charge in [0.15, 0.2) is 14.1 Å². The summed E-state index contributed by atoms with van der Waals surface area (Å²) in [6, 6.07) is 2.27. The van der Waals surface area contributed by atoms with E-state index < -0.39 is 22.2 Å². The average Bonchev–Trinajstić information content (AvgIpc) is 3.46. The number of methoxy groups -OCH3 is 1. The number of hydrogen-bond donors (Lipinski definition) is 0. The second-order valence-corrected chi connectivity index (χ2v) is 24.8. The molecule has 2 fully saturated rings. The maximum Gasteiger partial charge on any atom is 0.192 e. The lowest BCUT2D eigenvalue weighted by Gasteiger charge is -2.59. The van der Waals surface area contributed by atoms with Crippen molar-refractivity contribution >= 4 is 21.8 Å². The predicted octanol–water partition coefficient (Wildman–Crippen LogP) is 7.42. The van der Waals surface area contributed by atoms with Crippen molar-refractivity contribution in [1.82, 2.24) is 0 Å². The molecule has 1 spiro atoms. The Morgan fingerprint density at radius 1 is 1.08 bits per heavy atom. The molecule has 0 aromatic carbocycles. The zero-order chi connectivity index (χ0) is 29.5. The lowest BCUT2D eigenvalue weighted by atomic mass is 9.50. The van der Waals surface area contributed by atoms with Gasteiger partial charge in [-0.15, -0.1) is 6.58 Å². The van der Waals surface area contributed by atoms with Crippen LogP contribution in [0.15, 0.2) is 23.1 Å². The predicted molar refractivity (Wildman–Crippen MR) is 164 cm³/mol. The molecule has 0 amide bonds. The molecule has 1 saturated heterocycles. The van der Waals surface area contributed by atoms with Crippen molar-refractivity contribution in [2.45, 2.75) is 110 Å². The minimum Gasteiger partial charge on any atom is -0.470 e. The van der Waals surface area contributed by atoms with Crippen LogP contribution in [0.1, 0.15) is 71.6 Å². The Morgan fingerprint density at radius 2 is 1.69 bits per heavy atom. The summed E-state index contributed by atoms with van der Waals surface area (Å²) in [6.07, 6.45) is 3.84. The second-order valence-electron chi connectivity index (χ2n) is 15.0. The van der Waals surface area contributed by atoms with Gasteiger partial charge in [0.2, 0.25) is 0 Å². The minimum absolute atomic E-state index is 0.00500. The molecule has 0 bridgehead atoms. The summed E-state index contributed by atoms with van der Waals surface area (Å²) >= 11 is 0. The van der Waals surface area contributed by atoms with Crippen molar-refractivity contribution in [3.63, 3.8) is 0 Å². The highest BCUT2D eigenvalue weighted by Gasteiger charge is 2.63. The lowest BCUT2D eigenvalue weighted by molar-refractivity contribution is -0.279. The molecule has 1 saturated carbocycles. The van der Waals surface area contributed by atoms with E-state index in [4.69, 9.17) is 27.8 Å². The maximum atomic E-state index is 6.90. The first-order chi connectivity index (χ1) is 17.9. The van der Waals surface area contributed by atoms with Gasteiger partial charge in [-0.2, -0.15) is 0 Å². The largest absolute Gasteiger partial charge is 0.470 e. The van der Waals surface area contributed by atoms with Crippen molar-refractivity contribution in [2.75, 3.05) is 33.7 Å². The van der Waals surface area contributed by atoms with Crippen LogP contribution < -0.4 is 5.38 Å². The third kappa shape index (κ3) is 6.22. The molecule has 0 unspecified atom stereocenters. The van der Waals surface area contributed by atoms with E-state index in [1.54, 1.807) is 7.11 Å². The van der Waals surface area contributed by atoms with Gasteiger partial charge in [0.05, 0.1) is 31.8 Å². The van der Waals surface area contributed by atoms with Crippen LogP contribution in [-0.4, -0.2) is 55.9 Å². The van der Waals surface area contributed by atoms with Gasteiger partial charge in [0, 0.05) is 30.4 Å². The van der Waals surface area contributed by atoms with Gasteiger partial charge in [-0.05, 0) is 42.0 Å². The van der Waals surface area contributed by atoms with E-state index in [2.05, 4.69) is 93.0 Å². The highest BCUT2D eigenvalue weighted by Crippen LogP contribution is 2.63. The van der Waals surface area contributed by atoms with E-state index >= 15 is 0 Å². The molecular weight excluding hydrogens is 525 g/mol. The molecule has 39 heavy (non-hydrogen) atoms. The number of allylic oxidation sites excluding steroid dienone is 1. The zero-order valence-corrected chi connectivity index (χ0v) is 28.9. The van der Waals surface area contributed by atoms with Gasteiger partial charge in [-0.25, -0.2) is 0 Å². The van der Waals surface area contributed by atoms with E-state index in [9.17, 15) is 0 Å². The Morgan fingerprint density at radius 3 is 2.21 bits per heavy atom. The van der Waals surface area contributed by atoms with Gasteiger partial charge in [-0.1, -0.05) is 67.3 Å². The summed E-state index contributed by atoms with van der Waals surface area (Å²) in [7, 11) is -2.05. The van der Waals surface area contributed by atoms with Crippen LogP contribution in [0, 0.1) is 16.7 Å². The van der Waals surface area contributed by atoms with Gasteiger partial charge in [0.25, 0.3) is 0 Å². The molecule has 1 aliphatic carbocycles. The summed E-state index contributed by atoms with van der Waals surface area (Å²) in [5, 5.41) is 1.27. The standard InChI is InChI=1S/C31H56O6Si2/c1-14-26-29(5,6)31(34-17-18-35-31)16-15-30(26,7)24(21-33-22-32-8)25-19-23(27(37-25)38(9,10)11)20-36-39(12,13)28(2,3)4/h14,19,24,26H,1,15-18,20-22H2,2-13H3/t24-,26+,30-/m1/s1. The first-order valence-electron chi connectivity index (χ1n) is 14.6. The molecule has 1 aromatic heterocycles. The van der Waals surface area contributed by atoms with E-state index in [0.717, 1.165) is 24.0 Å². The van der Waals surface area contributed by atoms with E-state index in [1.807, 2.05) is 0 Å². The van der Waals surface area contributed by atoms with E-state index in [1.165, 1.54) is 5.56 Å². The molecule has 0 N–H and O–H groups in total. The van der Waals surface area contributed by atoms with Crippen LogP contribution in [-0.2, 0) is 30.0 Å². The Labute approximate surface area is 240 Å². The molecule has 1 aromatic rings. The molecule has 8 heteroatoms. The molecule has 1 aliphatic heterocycles. The molecule has 2 aliphatic rings. The summed E-state index contributed by atoms with van der Waals surface area (Å²) in [6.45, 7) is 32.4. The summed E-state index contributed by atoms with van der Waals surface area (Å²) < 4.78 is 37.6. The Balaban J connectivity index is 2.06. The van der Waals surface area contributed by atoms with Gasteiger partial charge in [0.1, 0.15) is 20.6 Å². The molecule has 224 valence electrons. The number of rotatable bonds is 11. The smallest absolute Gasteiger partial charge is 0.192 e. The van der Waals surface area contributed by atoms with E-state index in [0.29, 0.717) is 26.4 Å². The SMILES string of the molecule is C=C[C@H]1C(C)(C)C2(CC[C@]1(C)[C@H](COCOC)c1cc(CO[Si](C)(C)C(C)(C)C)c([Si](C)(C)C)o1)OCCO2. The number of hydrogen-bond acceptors (Lipinski definition) is 6. The van der Waals surface area contributed by atoms with Gasteiger partial charge in [-0.3, -0.25) is 0 Å². The van der Waals surface area contributed by atoms with Crippen molar-refractivity contribution in [3.05, 3.63) is 30.0 Å². The third-order valence-electron chi connectivity index (χ3n) is 9.98. The van der Waals surface area contributed by atoms with Gasteiger partial charge < -0.3 is 27.8 Å². The molecule has 0 radical (unpaired) electrons. The number of ether oxygens (including phenoxy) is 4. The fourth-order valence-electron chi connectivity index (χ4n) is 6.58. The van der Waals surface area contributed by atoms with Gasteiger partial charge >= 0.3 is 0 Å². The Bertz CT molecular complexity index is 980. The highest BCUT2D eigenvalue weighted by molar-refractivity contribution is 6.88. The fourth-order valence-corrected chi connectivity index (χ4v) is 9.07. The topological polar surface area (TPSA) is 59.3 Å². The van der Waals surface area contributed by atoms with Crippen molar-refractivity contribution in [1.29, 1.82) is 0 Å². The molecule has 2 heterocycles. The second kappa shape index (κ2) is 11.5. The van der Waals surface area contributed by atoms with Crippen LogP contribution in [0.3, 0.4) is 0 Å².